The maximum absolute atomic E-state index is 5.90. The lowest BCUT2D eigenvalue weighted by Gasteiger charge is -2.23. The maximum atomic E-state index is 5.90. The number of nitrogens with one attached hydrogen (secondary N) is 1. The second-order valence-electron chi connectivity index (χ2n) is 2.57. The number of ether oxygens (including phenoxy) is 1. The van der Waals surface area contributed by atoms with Crippen LogP contribution >= 0.6 is 11.6 Å². The number of rotatable bonds is 1. The van der Waals surface area contributed by atoms with Crippen LogP contribution in [-0.2, 0) is 4.74 Å². The van der Waals surface area contributed by atoms with Crippen molar-refractivity contribution >= 4 is 17.4 Å². The van der Waals surface area contributed by atoms with Crippen molar-refractivity contribution in [3.05, 3.63) is 29.7 Å². The number of halogens is 1. The van der Waals surface area contributed by atoms with Gasteiger partial charge in [-0.2, -0.15) is 0 Å². The second kappa shape index (κ2) is 3.32. The molecule has 2 heterocycles. The number of aromatic nitrogens is 2. The SMILES string of the molecule is C=C[C@@H]1OCNc2ncnc(Cl)c21. The third-order valence-electron chi connectivity index (χ3n) is 1.84. The van der Waals surface area contributed by atoms with Gasteiger partial charge in [0, 0.05) is 0 Å². The van der Waals surface area contributed by atoms with Gasteiger partial charge >= 0.3 is 0 Å². The van der Waals surface area contributed by atoms with Crippen LogP contribution in [0.5, 0.6) is 0 Å². The molecule has 1 aliphatic rings. The van der Waals surface area contributed by atoms with Gasteiger partial charge < -0.3 is 10.1 Å². The van der Waals surface area contributed by atoms with E-state index in [-0.39, 0.29) is 6.10 Å². The summed E-state index contributed by atoms with van der Waals surface area (Å²) in [7, 11) is 0. The molecule has 4 nitrogen and oxygen atoms in total. The Hall–Kier alpha value is -1.13. The molecule has 0 unspecified atom stereocenters. The zero-order valence-corrected chi connectivity index (χ0v) is 7.58. The Kier molecular flexibility index (Phi) is 2.16. The fraction of sp³-hybridized carbons (Fsp3) is 0.250. The van der Waals surface area contributed by atoms with Crippen LogP contribution < -0.4 is 5.32 Å². The molecule has 1 aliphatic heterocycles. The van der Waals surface area contributed by atoms with E-state index in [1.807, 2.05) is 0 Å². The van der Waals surface area contributed by atoms with Crippen LogP contribution in [0.1, 0.15) is 11.7 Å². The predicted molar refractivity (Wildman–Crippen MR) is 49.6 cm³/mol. The van der Waals surface area contributed by atoms with Crippen molar-refractivity contribution in [2.45, 2.75) is 6.10 Å². The van der Waals surface area contributed by atoms with Crippen LogP contribution in [-0.4, -0.2) is 16.7 Å². The predicted octanol–water partition coefficient (Wildman–Crippen LogP) is 1.76. The van der Waals surface area contributed by atoms with Crippen molar-refractivity contribution < 1.29 is 4.74 Å². The first-order valence-electron chi connectivity index (χ1n) is 3.81. The molecule has 0 radical (unpaired) electrons. The highest BCUT2D eigenvalue weighted by Gasteiger charge is 2.22. The maximum Gasteiger partial charge on any atom is 0.140 e. The van der Waals surface area contributed by atoms with Crippen LogP contribution in [0.3, 0.4) is 0 Å². The van der Waals surface area contributed by atoms with E-state index in [0.29, 0.717) is 11.9 Å². The fourth-order valence-corrected chi connectivity index (χ4v) is 1.48. The molecule has 5 heteroatoms. The van der Waals surface area contributed by atoms with E-state index in [4.69, 9.17) is 16.3 Å². The lowest BCUT2D eigenvalue weighted by molar-refractivity contribution is 0.0924. The number of hydrogen-bond donors (Lipinski definition) is 1. The van der Waals surface area contributed by atoms with Gasteiger partial charge in [-0.05, 0) is 0 Å². The van der Waals surface area contributed by atoms with Crippen molar-refractivity contribution in [1.82, 2.24) is 9.97 Å². The van der Waals surface area contributed by atoms with Crippen molar-refractivity contribution in [3.8, 4) is 0 Å². The number of nitrogens with zero attached hydrogens (tertiary/aromatic N) is 2. The fourth-order valence-electron chi connectivity index (χ4n) is 1.24. The summed E-state index contributed by atoms with van der Waals surface area (Å²) in [5.74, 6) is 0.719. The molecule has 1 N–H and O–H groups in total. The van der Waals surface area contributed by atoms with E-state index in [0.717, 1.165) is 11.4 Å². The second-order valence-corrected chi connectivity index (χ2v) is 2.93. The minimum atomic E-state index is -0.218. The molecule has 2 rings (SSSR count). The largest absolute Gasteiger partial charge is 0.349 e. The van der Waals surface area contributed by atoms with Gasteiger partial charge in [0.15, 0.2) is 0 Å². The highest BCUT2D eigenvalue weighted by atomic mass is 35.5. The van der Waals surface area contributed by atoms with Gasteiger partial charge in [-0.3, -0.25) is 0 Å². The van der Waals surface area contributed by atoms with Crippen molar-refractivity contribution in [1.29, 1.82) is 0 Å². The number of hydrogen-bond acceptors (Lipinski definition) is 4. The molecule has 68 valence electrons. The smallest absolute Gasteiger partial charge is 0.140 e. The molecule has 1 atom stereocenters. The third-order valence-corrected chi connectivity index (χ3v) is 2.14. The molecule has 0 fully saturated rings. The first kappa shape index (κ1) is 8.47. The first-order chi connectivity index (χ1) is 6.33. The Balaban J connectivity index is 2.53. The number of fused-ring (bicyclic) bond motifs is 1. The Morgan fingerprint density at radius 2 is 2.54 bits per heavy atom. The summed E-state index contributed by atoms with van der Waals surface area (Å²) >= 11 is 5.90. The van der Waals surface area contributed by atoms with Crippen molar-refractivity contribution in [3.63, 3.8) is 0 Å². The minimum absolute atomic E-state index is 0.218. The summed E-state index contributed by atoms with van der Waals surface area (Å²) in [5.41, 5.74) is 0.755. The summed E-state index contributed by atoms with van der Waals surface area (Å²) in [6.07, 6.45) is 2.87. The summed E-state index contributed by atoms with van der Waals surface area (Å²) in [5, 5.41) is 3.37. The first-order valence-corrected chi connectivity index (χ1v) is 4.19. The Bertz CT molecular complexity index is 342. The average molecular weight is 198 g/mol. The Morgan fingerprint density at radius 3 is 3.31 bits per heavy atom. The quantitative estimate of drug-likeness (QED) is 0.551. The van der Waals surface area contributed by atoms with E-state index in [1.165, 1.54) is 6.33 Å². The molecule has 1 aromatic rings. The zero-order valence-electron chi connectivity index (χ0n) is 6.83. The molecular formula is C8H8ClN3O. The summed E-state index contributed by atoms with van der Waals surface area (Å²) in [4.78, 5) is 7.92. The monoisotopic (exact) mass is 197 g/mol. The summed E-state index contributed by atoms with van der Waals surface area (Å²) in [6, 6.07) is 0. The van der Waals surface area contributed by atoms with E-state index in [9.17, 15) is 0 Å². The molecule has 0 spiro atoms. The Morgan fingerprint density at radius 1 is 1.69 bits per heavy atom. The van der Waals surface area contributed by atoms with Gasteiger partial charge in [0.1, 0.15) is 30.1 Å². The molecule has 0 saturated carbocycles. The van der Waals surface area contributed by atoms with Crippen LogP contribution in [0.2, 0.25) is 5.15 Å². The topological polar surface area (TPSA) is 47.0 Å². The van der Waals surface area contributed by atoms with Crippen LogP contribution in [0, 0.1) is 0 Å². The highest BCUT2D eigenvalue weighted by Crippen LogP contribution is 2.32. The molecule has 0 aliphatic carbocycles. The summed E-state index contributed by atoms with van der Waals surface area (Å²) < 4.78 is 5.34. The average Bonchev–Trinajstić information content (AvgIpc) is 2.17. The molecule has 0 amide bonds. The zero-order chi connectivity index (χ0) is 9.26. The van der Waals surface area contributed by atoms with E-state index in [2.05, 4.69) is 21.9 Å². The molecular weight excluding hydrogens is 190 g/mol. The van der Waals surface area contributed by atoms with Gasteiger partial charge in [0.05, 0.1) is 5.56 Å². The number of anilines is 1. The van der Waals surface area contributed by atoms with Crippen LogP contribution in [0.4, 0.5) is 5.82 Å². The van der Waals surface area contributed by atoms with E-state index in [1.54, 1.807) is 6.08 Å². The lowest BCUT2D eigenvalue weighted by Crippen LogP contribution is -2.20. The molecule has 13 heavy (non-hydrogen) atoms. The van der Waals surface area contributed by atoms with Gasteiger partial charge in [-0.15, -0.1) is 6.58 Å². The van der Waals surface area contributed by atoms with Gasteiger partial charge in [-0.25, -0.2) is 9.97 Å². The normalized spacial score (nSPS) is 20.2. The molecule has 0 saturated heterocycles. The van der Waals surface area contributed by atoms with Gasteiger partial charge in [-0.1, -0.05) is 17.7 Å². The standard InChI is InChI=1S/C8H8ClN3O/c1-2-5-6-7(9)10-3-11-8(6)12-4-13-5/h2-3,5H,1,4H2,(H,10,11,12)/t5-/m0/s1. The van der Waals surface area contributed by atoms with Crippen molar-refractivity contribution in [2.75, 3.05) is 12.0 Å². The summed E-state index contributed by atoms with van der Waals surface area (Å²) in [6.45, 7) is 4.07. The molecule has 0 bridgehead atoms. The molecule has 0 aromatic carbocycles. The van der Waals surface area contributed by atoms with E-state index >= 15 is 0 Å². The van der Waals surface area contributed by atoms with Gasteiger partial charge in [0.25, 0.3) is 0 Å². The highest BCUT2D eigenvalue weighted by molar-refractivity contribution is 6.30. The lowest BCUT2D eigenvalue weighted by atomic mass is 10.1. The third kappa shape index (κ3) is 1.38. The Labute approximate surface area is 80.6 Å². The van der Waals surface area contributed by atoms with Crippen LogP contribution in [0.15, 0.2) is 19.0 Å². The van der Waals surface area contributed by atoms with Crippen molar-refractivity contribution in [2.24, 2.45) is 0 Å². The van der Waals surface area contributed by atoms with Crippen LogP contribution in [0.25, 0.3) is 0 Å². The molecule has 1 aromatic heterocycles. The van der Waals surface area contributed by atoms with E-state index < -0.39 is 0 Å². The minimum Gasteiger partial charge on any atom is -0.349 e. The van der Waals surface area contributed by atoms with Gasteiger partial charge in [0.2, 0.25) is 0 Å².